The number of methoxy groups -OCH3 is 1. The number of halogens is 1. The molecular formula is C12H17BrO2. The highest BCUT2D eigenvalue weighted by molar-refractivity contribution is 9.09. The average Bonchev–Trinajstić information content (AvgIpc) is 2.24. The van der Waals surface area contributed by atoms with Crippen molar-refractivity contribution in [3.05, 3.63) is 36.0 Å². The van der Waals surface area contributed by atoms with Crippen molar-refractivity contribution in [3.63, 3.8) is 0 Å². The maximum Gasteiger partial charge on any atom is 0.333 e. The Morgan fingerprint density at radius 1 is 1.60 bits per heavy atom. The van der Waals surface area contributed by atoms with Crippen molar-refractivity contribution in [2.75, 3.05) is 7.11 Å². The summed E-state index contributed by atoms with van der Waals surface area (Å²) < 4.78 is 4.60. The molecule has 0 rings (SSSR count). The Morgan fingerprint density at radius 3 is 2.67 bits per heavy atom. The van der Waals surface area contributed by atoms with E-state index >= 15 is 0 Å². The summed E-state index contributed by atoms with van der Waals surface area (Å²) in [5, 5.41) is 0. The maximum absolute atomic E-state index is 11.1. The Bertz CT molecular complexity index is 290. The van der Waals surface area contributed by atoms with Gasteiger partial charge in [-0.25, -0.2) is 4.79 Å². The van der Waals surface area contributed by atoms with Gasteiger partial charge in [-0.15, -0.1) is 0 Å². The molecule has 0 radical (unpaired) electrons. The summed E-state index contributed by atoms with van der Waals surface area (Å²) in [6.07, 6.45) is 6.61. The van der Waals surface area contributed by atoms with Gasteiger partial charge in [0.05, 0.1) is 11.9 Å². The van der Waals surface area contributed by atoms with E-state index in [1.54, 1.807) is 13.0 Å². The van der Waals surface area contributed by atoms with E-state index in [2.05, 4.69) is 27.2 Å². The first-order valence-corrected chi connectivity index (χ1v) is 5.64. The molecule has 0 heterocycles. The lowest BCUT2D eigenvalue weighted by Gasteiger charge is -2.08. The third-order valence-corrected chi connectivity index (χ3v) is 2.82. The van der Waals surface area contributed by atoms with Gasteiger partial charge in [0.25, 0.3) is 0 Å². The second-order valence-corrected chi connectivity index (χ2v) is 4.16. The zero-order valence-electron chi connectivity index (χ0n) is 9.42. The molecule has 0 saturated carbocycles. The molecule has 0 aromatic carbocycles. The van der Waals surface area contributed by atoms with Crippen LogP contribution in [0.15, 0.2) is 36.0 Å². The van der Waals surface area contributed by atoms with Crippen LogP contribution in [0.3, 0.4) is 0 Å². The van der Waals surface area contributed by atoms with Crippen molar-refractivity contribution in [2.24, 2.45) is 0 Å². The van der Waals surface area contributed by atoms with Crippen LogP contribution in [0, 0.1) is 0 Å². The van der Waals surface area contributed by atoms with E-state index in [0.717, 1.165) is 12.0 Å². The van der Waals surface area contributed by atoms with Gasteiger partial charge >= 0.3 is 5.97 Å². The second-order valence-electron chi connectivity index (χ2n) is 3.17. The molecule has 0 fully saturated rings. The van der Waals surface area contributed by atoms with Crippen LogP contribution in [-0.4, -0.2) is 17.9 Å². The lowest BCUT2D eigenvalue weighted by molar-refractivity contribution is -0.136. The van der Waals surface area contributed by atoms with E-state index in [1.807, 2.05) is 19.1 Å². The summed E-state index contributed by atoms with van der Waals surface area (Å²) in [5.41, 5.74) is 1.59. The largest absolute Gasteiger partial charge is 0.466 e. The molecule has 0 aromatic rings. The van der Waals surface area contributed by atoms with Crippen molar-refractivity contribution in [1.82, 2.24) is 0 Å². The minimum atomic E-state index is -0.307. The number of rotatable bonds is 5. The Kier molecular flexibility index (Phi) is 7.05. The molecule has 3 heteroatoms. The van der Waals surface area contributed by atoms with E-state index in [9.17, 15) is 4.79 Å². The molecule has 2 nitrogen and oxygen atoms in total. The van der Waals surface area contributed by atoms with Gasteiger partial charge in [0.15, 0.2) is 0 Å². The number of hydrogen-bond donors (Lipinski definition) is 0. The molecule has 0 aliphatic carbocycles. The first-order chi connectivity index (χ1) is 7.02. The third-order valence-electron chi connectivity index (χ3n) is 1.91. The Labute approximate surface area is 99.8 Å². The summed E-state index contributed by atoms with van der Waals surface area (Å²) in [6, 6.07) is 0. The van der Waals surface area contributed by atoms with Crippen LogP contribution in [0.25, 0.3) is 0 Å². The zero-order valence-corrected chi connectivity index (χ0v) is 11.0. The smallest absolute Gasteiger partial charge is 0.333 e. The number of allylic oxidation sites excluding steroid dienone is 4. The van der Waals surface area contributed by atoms with Gasteiger partial charge in [0.2, 0.25) is 0 Å². The van der Waals surface area contributed by atoms with Crippen LogP contribution in [0.2, 0.25) is 0 Å². The van der Waals surface area contributed by atoms with Crippen LogP contribution in [0.1, 0.15) is 20.3 Å². The average molecular weight is 273 g/mol. The van der Waals surface area contributed by atoms with E-state index in [1.165, 1.54) is 7.11 Å². The normalized spacial score (nSPS) is 14.0. The van der Waals surface area contributed by atoms with Gasteiger partial charge < -0.3 is 4.74 Å². The van der Waals surface area contributed by atoms with Gasteiger partial charge in [-0.3, -0.25) is 0 Å². The predicted octanol–water partition coefficient (Wildman–Crippen LogP) is 3.39. The Hall–Kier alpha value is -0.830. The lowest BCUT2D eigenvalue weighted by atomic mass is 10.1. The molecule has 0 N–H and O–H groups in total. The molecular weight excluding hydrogens is 256 g/mol. The van der Waals surface area contributed by atoms with Crippen LogP contribution >= 0.6 is 15.9 Å². The summed E-state index contributed by atoms with van der Waals surface area (Å²) in [6.45, 7) is 7.63. The molecule has 1 unspecified atom stereocenters. The van der Waals surface area contributed by atoms with E-state index in [0.29, 0.717) is 5.57 Å². The van der Waals surface area contributed by atoms with E-state index < -0.39 is 0 Å². The van der Waals surface area contributed by atoms with Gasteiger partial charge in [-0.05, 0) is 20.3 Å². The molecule has 0 saturated heterocycles. The monoisotopic (exact) mass is 272 g/mol. The highest BCUT2D eigenvalue weighted by atomic mass is 79.9. The van der Waals surface area contributed by atoms with Crippen LogP contribution in [0.4, 0.5) is 0 Å². The zero-order chi connectivity index (χ0) is 11.8. The molecule has 0 spiro atoms. The molecule has 84 valence electrons. The minimum absolute atomic E-state index is 0.00722. The Balaban J connectivity index is 4.39. The summed E-state index contributed by atoms with van der Waals surface area (Å²) in [5.74, 6) is -0.307. The van der Waals surface area contributed by atoms with Crippen molar-refractivity contribution in [1.29, 1.82) is 0 Å². The lowest BCUT2D eigenvalue weighted by Crippen LogP contribution is -2.05. The number of esters is 1. The molecule has 0 aliphatic heterocycles. The van der Waals surface area contributed by atoms with Gasteiger partial charge in [0.1, 0.15) is 0 Å². The summed E-state index contributed by atoms with van der Waals surface area (Å²) in [4.78, 5) is 11.1. The standard InChI is InChI=1S/C12H17BrO2/c1-5-6-7-9(2)11(13)8-10(3)12(14)15-4/h5-6,8,11H,2,7H2,1,3-4H3/b6-5+,10-8+. The minimum Gasteiger partial charge on any atom is -0.466 e. The number of alkyl halides is 1. The maximum atomic E-state index is 11.1. The highest BCUT2D eigenvalue weighted by Gasteiger charge is 2.08. The van der Waals surface area contributed by atoms with E-state index in [4.69, 9.17) is 0 Å². The van der Waals surface area contributed by atoms with Crippen LogP contribution < -0.4 is 0 Å². The molecule has 1 atom stereocenters. The fraction of sp³-hybridized carbons (Fsp3) is 0.417. The second kappa shape index (κ2) is 7.46. The van der Waals surface area contributed by atoms with E-state index in [-0.39, 0.29) is 10.8 Å². The van der Waals surface area contributed by atoms with Crippen LogP contribution in [0.5, 0.6) is 0 Å². The molecule has 0 aromatic heterocycles. The molecule has 0 amide bonds. The first-order valence-electron chi connectivity index (χ1n) is 4.72. The molecule has 15 heavy (non-hydrogen) atoms. The predicted molar refractivity (Wildman–Crippen MR) is 67.1 cm³/mol. The van der Waals surface area contributed by atoms with Crippen LogP contribution in [-0.2, 0) is 9.53 Å². The number of hydrogen-bond acceptors (Lipinski definition) is 2. The fourth-order valence-electron chi connectivity index (χ4n) is 0.948. The fourth-order valence-corrected chi connectivity index (χ4v) is 1.53. The highest BCUT2D eigenvalue weighted by Crippen LogP contribution is 2.18. The molecule has 0 bridgehead atoms. The SMILES string of the molecule is C=C(C/C=C/C)C(Br)/C=C(\C)C(=O)OC. The summed E-state index contributed by atoms with van der Waals surface area (Å²) >= 11 is 3.45. The van der Waals surface area contributed by atoms with Gasteiger partial charge in [-0.2, -0.15) is 0 Å². The van der Waals surface area contributed by atoms with Crippen molar-refractivity contribution < 1.29 is 9.53 Å². The first kappa shape index (κ1) is 14.2. The molecule has 0 aliphatic rings. The van der Waals surface area contributed by atoms with Crippen molar-refractivity contribution >= 4 is 21.9 Å². The Morgan fingerprint density at radius 2 is 2.20 bits per heavy atom. The van der Waals surface area contributed by atoms with Gasteiger partial charge in [-0.1, -0.05) is 46.3 Å². The van der Waals surface area contributed by atoms with Gasteiger partial charge in [0, 0.05) is 5.57 Å². The van der Waals surface area contributed by atoms with Crippen molar-refractivity contribution in [2.45, 2.75) is 25.1 Å². The topological polar surface area (TPSA) is 26.3 Å². The quantitative estimate of drug-likeness (QED) is 0.332. The number of carbonyl (C=O) groups excluding carboxylic acids is 1. The summed E-state index contributed by atoms with van der Waals surface area (Å²) in [7, 11) is 1.37. The van der Waals surface area contributed by atoms with Crippen molar-refractivity contribution in [3.8, 4) is 0 Å². The number of carbonyl (C=O) groups is 1. The number of ether oxygens (including phenoxy) is 1. The third kappa shape index (κ3) is 5.57.